The van der Waals surface area contributed by atoms with E-state index in [-0.39, 0.29) is 11.8 Å². The predicted octanol–water partition coefficient (Wildman–Crippen LogP) is 7.90. The van der Waals surface area contributed by atoms with Crippen molar-refractivity contribution in [3.63, 3.8) is 0 Å². The fraction of sp³-hybridized carbons (Fsp3) is 0.316. The van der Waals surface area contributed by atoms with Crippen LogP contribution in [0.25, 0.3) is 31.8 Å². The van der Waals surface area contributed by atoms with E-state index in [2.05, 4.69) is 50.5 Å². The van der Waals surface area contributed by atoms with E-state index in [1.807, 2.05) is 21.8 Å². The van der Waals surface area contributed by atoms with Crippen molar-refractivity contribution in [3.8, 4) is 0 Å². The van der Waals surface area contributed by atoms with E-state index in [1.165, 1.54) is 51.2 Å². The van der Waals surface area contributed by atoms with Gasteiger partial charge in [-0.05, 0) is 48.9 Å². The second kappa shape index (κ2) is 14.4. The van der Waals surface area contributed by atoms with Crippen LogP contribution in [-0.2, 0) is 16.0 Å². The first-order valence-electron chi connectivity index (χ1n) is 17.6. The maximum Gasteiger partial charge on any atom is 0.238 e. The smallest absolute Gasteiger partial charge is 0.238 e. The summed E-state index contributed by atoms with van der Waals surface area (Å²) in [5.41, 5.74) is 6.35. The van der Waals surface area contributed by atoms with Crippen LogP contribution in [-0.4, -0.2) is 51.3 Å². The molecule has 0 radical (unpaired) electrons. The highest BCUT2D eigenvalue weighted by molar-refractivity contribution is 6.33. The van der Waals surface area contributed by atoms with Crippen LogP contribution in [0, 0.1) is 13.1 Å². The van der Waals surface area contributed by atoms with Crippen molar-refractivity contribution in [2.75, 3.05) is 10.6 Å². The van der Waals surface area contributed by atoms with Crippen LogP contribution in [0.1, 0.15) is 86.2 Å². The molecule has 4 aliphatic rings. The van der Waals surface area contributed by atoms with E-state index in [0.717, 1.165) is 46.1 Å². The summed E-state index contributed by atoms with van der Waals surface area (Å²) in [6.45, 7) is 14.0. The number of nitrogens with zero attached hydrogens (tertiary/aromatic N) is 10. The zero-order valence-electron chi connectivity index (χ0n) is 28.5. The third-order valence-corrected chi connectivity index (χ3v) is 10.5. The van der Waals surface area contributed by atoms with Crippen molar-refractivity contribution in [1.29, 1.82) is 0 Å². The third-order valence-electron chi connectivity index (χ3n) is 10.2. The number of fused-ring (bicyclic) bond motifs is 4. The molecule has 0 spiro atoms. The topological polar surface area (TPSA) is 154 Å². The summed E-state index contributed by atoms with van der Waals surface area (Å²) in [5.74, 6) is -0.665. The van der Waals surface area contributed by atoms with Crippen LogP contribution < -0.4 is 10.6 Å². The Balaban J connectivity index is 0.000000125. The summed E-state index contributed by atoms with van der Waals surface area (Å²) in [4.78, 5) is 47.1. The molecule has 2 fully saturated rings. The number of hydrogen-bond acceptors (Lipinski definition) is 8. The molecule has 1 unspecified atom stereocenters. The number of hydrogen-bond donors (Lipinski definition) is 2. The van der Waals surface area contributed by atoms with Gasteiger partial charge in [0.25, 0.3) is 0 Å². The summed E-state index contributed by atoms with van der Waals surface area (Å²) in [6.07, 6.45) is 16.9. The highest BCUT2D eigenvalue weighted by atomic mass is 35.5. The summed E-state index contributed by atoms with van der Waals surface area (Å²) >= 11 is 5.97. The molecular weight excluding hydrogens is 692 g/mol. The van der Waals surface area contributed by atoms with Crippen molar-refractivity contribution < 1.29 is 9.59 Å². The Kier molecular flexibility index (Phi) is 9.21. The van der Waals surface area contributed by atoms with Gasteiger partial charge in [0.2, 0.25) is 11.8 Å². The molecule has 53 heavy (non-hydrogen) atoms. The summed E-state index contributed by atoms with van der Waals surface area (Å²) in [5, 5.41) is 16.8. The zero-order chi connectivity index (χ0) is 36.5. The number of halogens is 1. The Hall–Kier alpha value is -6.25. The Morgan fingerprint density at radius 3 is 1.94 bits per heavy atom. The molecule has 2 saturated carbocycles. The monoisotopic (exact) mass is 724 g/mol. The molecule has 2 aliphatic carbocycles. The predicted molar refractivity (Wildman–Crippen MR) is 199 cm³/mol. The van der Waals surface area contributed by atoms with Crippen LogP contribution in [0.3, 0.4) is 0 Å². The molecule has 2 N–H and O–H groups in total. The lowest BCUT2D eigenvalue weighted by molar-refractivity contribution is -0.116. The molecule has 0 bridgehead atoms. The fourth-order valence-electron chi connectivity index (χ4n) is 7.52. The Morgan fingerprint density at radius 2 is 1.30 bits per heavy atom. The summed E-state index contributed by atoms with van der Waals surface area (Å²) in [7, 11) is 0. The van der Waals surface area contributed by atoms with Gasteiger partial charge in [0, 0.05) is 23.8 Å². The quantitative estimate of drug-likeness (QED) is 0.138. The molecule has 264 valence electrons. The van der Waals surface area contributed by atoms with E-state index in [9.17, 15) is 9.59 Å². The number of carbonyl (C=O) groups is 2. The van der Waals surface area contributed by atoms with E-state index >= 15 is 0 Å². The minimum absolute atomic E-state index is 0.00660. The molecule has 6 heterocycles. The van der Waals surface area contributed by atoms with E-state index in [0.29, 0.717) is 52.0 Å². The molecule has 15 heteroatoms. The van der Waals surface area contributed by atoms with E-state index < -0.39 is 5.92 Å². The van der Waals surface area contributed by atoms with E-state index in [4.69, 9.17) is 24.7 Å². The van der Waals surface area contributed by atoms with Crippen LogP contribution in [0.5, 0.6) is 0 Å². The average Bonchev–Trinajstić information content (AvgIpc) is 4.02. The van der Waals surface area contributed by atoms with Gasteiger partial charge in [0.05, 0.1) is 48.1 Å². The first-order chi connectivity index (χ1) is 25.9. The first kappa shape index (κ1) is 33.9. The average molecular weight is 725 g/mol. The van der Waals surface area contributed by atoms with Crippen molar-refractivity contribution in [3.05, 3.63) is 106 Å². The largest absolute Gasteiger partial charge is 0.326 e. The Morgan fingerprint density at radius 1 is 0.717 bits per heavy atom. The maximum absolute atomic E-state index is 12.7. The lowest BCUT2D eigenvalue weighted by Crippen LogP contribution is -2.14. The highest BCUT2D eigenvalue weighted by Crippen LogP contribution is 2.41. The van der Waals surface area contributed by atoms with Gasteiger partial charge >= 0.3 is 0 Å². The van der Waals surface area contributed by atoms with Crippen molar-refractivity contribution in [1.82, 2.24) is 39.5 Å². The molecule has 6 aromatic rings. The molecular formula is C38H33ClN12O2. The molecule has 0 saturated heterocycles. The van der Waals surface area contributed by atoms with Crippen LogP contribution in [0.4, 0.5) is 22.7 Å². The van der Waals surface area contributed by atoms with Gasteiger partial charge in [-0.25, -0.2) is 29.6 Å². The number of aromatic nitrogens is 8. The van der Waals surface area contributed by atoms with Crippen molar-refractivity contribution >= 4 is 68.2 Å². The molecule has 4 aromatic heterocycles. The number of rotatable bonds is 3. The second-order valence-corrected chi connectivity index (χ2v) is 13.8. The number of carbonyl (C=O) groups excluding carboxylic acids is 2. The molecule has 2 amide bonds. The number of amides is 2. The Labute approximate surface area is 309 Å². The van der Waals surface area contributed by atoms with Crippen molar-refractivity contribution in [2.24, 2.45) is 0 Å². The molecule has 10 rings (SSSR count). The summed E-state index contributed by atoms with van der Waals surface area (Å²) in [6, 6.07) is 11.4. The maximum atomic E-state index is 12.7. The minimum atomic E-state index is -0.543. The number of benzene rings is 2. The van der Waals surface area contributed by atoms with Gasteiger partial charge < -0.3 is 10.6 Å². The molecule has 2 aromatic carbocycles. The standard InChI is InChI=1S/C19H16N6O.C10H11ClN4.C9H6N2O/c1-20-11-6-7-15-13(8-11)16(19(26)23-15)17-14-9-25(12-4-2-3-5-12)24-18(14)22-10-21-17;11-9-8-5-15(7-3-1-2-4-7)14-10(8)13-6-12-9;1-10-7-2-3-8-6(4-7)5-9(12)11-8/h6-10,12,16H,2-5H2,(H,23,26);5-7H,1-4H2;2-4H,5H2,(H,11,12). The van der Waals surface area contributed by atoms with Gasteiger partial charge in [0.15, 0.2) is 22.7 Å². The molecule has 1 atom stereocenters. The molecule has 14 nitrogen and oxygen atoms in total. The van der Waals surface area contributed by atoms with Gasteiger partial charge in [-0.2, -0.15) is 10.2 Å². The highest BCUT2D eigenvalue weighted by Gasteiger charge is 2.35. The van der Waals surface area contributed by atoms with Gasteiger partial charge in [-0.3, -0.25) is 19.0 Å². The van der Waals surface area contributed by atoms with Crippen LogP contribution >= 0.6 is 11.6 Å². The second-order valence-electron chi connectivity index (χ2n) is 13.5. The number of nitrogens with one attached hydrogen (secondary N) is 2. The van der Waals surface area contributed by atoms with Crippen LogP contribution in [0.15, 0.2) is 61.4 Å². The van der Waals surface area contributed by atoms with Gasteiger partial charge in [0.1, 0.15) is 23.7 Å². The lowest BCUT2D eigenvalue weighted by Gasteiger charge is -2.09. The Bertz CT molecular complexity index is 2470. The van der Waals surface area contributed by atoms with E-state index in [1.54, 1.807) is 36.4 Å². The number of anilines is 2. The summed E-state index contributed by atoms with van der Waals surface area (Å²) < 4.78 is 3.98. The van der Waals surface area contributed by atoms with Gasteiger partial charge in [-0.1, -0.05) is 61.5 Å². The molecule has 2 aliphatic heterocycles. The fourth-order valence-corrected chi connectivity index (χ4v) is 7.69. The lowest BCUT2D eigenvalue weighted by atomic mass is 9.95. The first-order valence-corrected chi connectivity index (χ1v) is 17.9. The van der Waals surface area contributed by atoms with Crippen molar-refractivity contribution in [2.45, 2.75) is 75.8 Å². The van der Waals surface area contributed by atoms with Gasteiger partial charge in [-0.15, -0.1) is 0 Å². The third kappa shape index (κ3) is 6.77. The van der Waals surface area contributed by atoms with Crippen LogP contribution in [0.2, 0.25) is 5.15 Å². The minimum Gasteiger partial charge on any atom is -0.326 e. The SMILES string of the molecule is Clc1ncnc2nn(C3CCCC3)cc12.[C-]#[N+]c1ccc2c(c1)C(c1ncnc3nn(C4CCCC4)cc13)C(=O)N2.[C-]#[N+]c1ccc2c(c1)CC(=O)N2. The zero-order valence-corrected chi connectivity index (χ0v) is 29.3. The normalized spacial score (nSPS) is 17.6.